The van der Waals surface area contributed by atoms with Crippen LogP contribution in [-0.4, -0.2) is 15.0 Å². The number of nitrogens with zero attached hydrogens (tertiary/aromatic N) is 3. The van der Waals surface area contributed by atoms with Gasteiger partial charge in [0.25, 0.3) is 0 Å². The molecule has 0 saturated heterocycles. The molecule has 3 heteroatoms. The van der Waals surface area contributed by atoms with Crippen LogP contribution >= 0.6 is 0 Å². The normalized spacial score (nSPS) is 11.3. The van der Waals surface area contributed by atoms with Crippen molar-refractivity contribution in [3.63, 3.8) is 0 Å². The van der Waals surface area contributed by atoms with E-state index in [1.807, 2.05) is 48.7 Å². The Bertz CT molecular complexity index is 2180. The van der Waals surface area contributed by atoms with Crippen molar-refractivity contribution in [2.75, 3.05) is 0 Å². The van der Waals surface area contributed by atoms with Gasteiger partial charge in [0.2, 0.25) is 0 Å². The molecule has 196 valence electrons. The van der Waals surface area contributed by atoms with E-state index in [1.54, 1.807) is 0 Å². The molecule has 2 aromatic heterocycles. The first-order valence-electron chi connectivity index (χ1n) is 14.1. The monoisotopic (exact) mass is 535 g/mol. The van der Waals surface area contributed by atoms with Crippen molar-refractivity contribution in [3.05, 3.63) is 152 Å². The van der Waals surface area contributed by atoms with Gasteiger partial charge in [-0.3, -0.25) is 4.98 Å². The summed E-state index contributed by atoms with van der Waals surface area (Å²) in [4.78, 5) is 14.8. The van der Waals surface area contributed by atoms with Gasteiger partial charge in [0, 0.05) is 28.5 Å². The molecule has 3 nitrogen and oxygen atoms in total. The topological polar surface area (TPSA) is 38.7 Å². The van der Waals surface area contributed by atoms with Gasteiger partial charge < -0.3 is 0 Å². The van der Waals surface area contributed by atoms with Gasteiger partial charge in [-0.2, -0.15) is 0 Å². The van der Waals surface area contributed by atoms with Gasteiger partial charge in [0.1, 0.15) is 0 Å². The molecule has 42 heavy (non-hydrogen) atoms. The number of hydrogen-bond donors (Lipinski definition) is 0. The van der Waals surface area contributed by atoms with E-state index < -0.39 is 0 Å². The van der Waals surface area contributed by atoms with E-state index in [9.17, 15) is 0 Å². The van der Waals surface area contributed by atoms with Crippen molar-refractivity contribution in [3.8, 4) is 45.2 Å². The van der Waals surface area contributed by atoms with Crippen LogP contribution in [0.3, 0.4) is 0 Å². The Balaban J connectivity index is 1.27. The molecule has 0 aliphatic heterocycles. The van der Waals surface area contributed by atoms with Crippen molar-refractivity contribution < 1.29 is 0 Å². The first kappa shape index (κ1) is 24.2. The highest BCUT2D eigenvalue weighted by Crippen LogP contribution is 2.34. The highest BCUT2D eigenvalue weighted by atomic mass is 14.9. The molecule has 0 atom stereocenters. The molecule has 0 aliphatic carbocycles. The van der Waals surface area contributed by atoms with Crippen molar-refractivity contribution in [2.45, 2.75) is 0 Å². The maximum atomic E-state index is 5.02. The molecule has 0 unspecified atom stereocenters. The maximum absolute atomic E-state index is 5.02. The Labute approximate surface area is 243 Å². The second kappa shape index (κ2) is 10.1. The van der Waals surface area contributed by atoms with Crippen LogP contribution in [0, 0.1) is 0 Å². The SMILES string of the molecule is c1ccc(-c2cc(-c3ccccc3)nc(-c3ccnc(-c4ccc5ccc6c7ccccc7ccc6c5c4)c3)n2)cc1. The lowest BCUT2D eigenvalue weighted by Gasteiger charge is -2.11. The highest BCUT2D eigenvalue weighted by Gasteiger charge is 2.13. The molecule has 0 bridgehead atoms. The molecule has 8 aromatic rings. The van der Waals surface area contributed by atoms with Crippen LogP contribution < -0.4 is 0 Å². The Morgan fingerprint density at radius 1 is 0.333 bits per heavy atom. The highest BCUT2D eigenvalue weighted by molar-refractivity contribution is 6.17. The minimum atomic E-state index is 0.677. The minimum Gasteiger partial charge on any atom is -0.256 e. The van der Waals surface area contributed by atoms with E-state index in [2.05, 4.69) is 103 Å². The molecule has 0 spiro atoms. The summed E-state index contributed by atoms with van der Waals surface area (Å²) in [5.74, 6) is 0.677. The van der Waals surface area contributed by atoms with Crippen molar-refractivity contribution in [2.24, 2.45) is 0 Å². The van der Waals surface area contributed by atoms with E-state index in [0.29, 0.717) is 5.82 Å². The van der Waals surface area contributed by atoms with Crippen LogP contribution in [0.5, 0.6) is 0 Å². The predicted molar refractivity (Wildman–Crippen MR) is 174 cm³/mol. The van der Waals surface area contributed by atoms with Gasteiger partial charge in [-0.25, -0.2) is 9.97 Å². The molecule has 0 amide bonds. The summed E-state index contributed by atoms with van der Waals surface area (Å²) in [5.41, 5.74) is 6.78. The van der Waals surface area contributed by atoms with Crippen LogP contribution in [0.25, 0.3) is 77.5 Å². The Hall–Kier alpha value is -5.67. The average molecular weight is 536 g/mol. The third-order valence-corrected chi connectivity index (χ3v) is 7.92. The first-order valence-corrected chi connectivity index (χ1v) is 14.1. The smallest absolute Gasteiger partial charge is 0.160 e. The summed E-state index contributed by atoms with van der Waals surface area (Å²) in [6.07, 6.45) is 1.85. The van der Waals surface area contributed by atoms with Crippen molar-refractivity contribution >= 4 is 32.3 Å². The number of rotatable bonds is 4. The quantitative estimate of drug-likeness (QED) is 0.211. The molecule has 8 rings (SSSR count). The number of benzene rings is 6. The molecule has 0 fully saturated rings. The van der Waals surface area contributed by atoms with Gasteiger partial charge in [0.15, 0.2) is 5.82 Å². The number of pyridine rings is 1. The summed E-state index contributed by atoms with van der Waals surface area (Å²) in [5, 5.41) is 7.46. The molecule has 2 heterocycles. The Morgan fingerprint density at radius 2 is 0.929 bits per heavy atom. The third-order valence-electron chi connectivity index (χ3n) is 7.92. The molecule has 0 radical (unpaired) electrons. The molecular formula is C39H25N3. The van der Waals surface area contributed by atoms with E-state index >= 15 is 0 Å². The standard InChI is InChI=1S/C39H25N3/c1-3-10-28(11-4-1)37-25-38(29-12-5-2-6-13-29)42-39(41-37)31-21-22-40-36(24-31)30-16-15-27-18-19-33-32-14-8-7-9-26(32)17-20-34(33)35(27)23-30/h1-25H. The fourth-order valence-corrected chi connectivity index (χ4v) is 5.79. The first-order chi connectivity index (χ1) is 20.8. The van der Waals surface area contributed by atoms with E-state index in [4.69, 9.17) is 15.0 Å². The summed E-state index contributed by atoms with van der Waals surface area (Å²) in [7, 11) is 0. The third kappa shape index (κ3) is 4.29. The summed E-state index contributed by atoms with van der Waals surface area (Å²) < 4.78 is 0. The van der Waals surface area contributed by atoms with Crippen LogP contribution in [-0.2, 0) is 0 Å². The molecule has 6 aromatic carbocycles. The summed E-state index contributed by atoms with van der Waals surface area (Å²) >= 11 is 0. The van der Waals surface area contributed by atoms with E-state index in [1.165, 1.54) is 32.3 Å². The zero-order valence-corrected chi connectivity index (χ0v) is 22.8. The lowest BCUT2D eigenvalue weighted by Crippen LogP contribution is -1.96. The molecule has 0 aliphatic rings. The van der Waals surface area contributed by atoms with E-state index in [-0.39, 0.29) is 0 Å². The predicted octanol–water partition coefficient (Wildman–Crippen LogP) is 10.00. The van der Waals surface area contributed by atoms with Crippen LogP contribution in [0.1, 0.15) is 0 Å². The largest absolute Gasteiger partial charge is 0.256 e. The Morgan fingerprint density at radius 3 is 1.64 bits per heavy atom. The summed E-state index contributed by atoms with van der Waals surface area (Å²) in [6, 6.07) is 50.8. The average Bonchev–Trinajstić information content (AvgIpc) is 3.08. The van der Waals surface area contributed by atoms with Crippen LogP contribution in [0.2, 0.25) is 0 Å². The fraction of sp³-hybridized carbons (Fsp3) is 0. The van der Waals surface area contributed by atoms with Gasteiger partial charge >= 0.3 is 0 Å². The van der Waals surface area contributed by atoms with Crippen molar-refractivity contribution in [1.82, 2.24) is 15.0 Å². The fourth-order valence-electron chi connectivity index (χ4n) is 5.79. The van der Waals surface area contributed by atoms with Crippen LogP contribution in [0.4, 0.5) is 0 Å². The summed E-state index contributed by atoms with van der Waals surface area (Å²) in [6.45, 7) is 0. The second-order valence-electron chi connectivity index (χ2n) is 10.5. The van der Waals surface area contributed by atoms with E-state index in [0.717, 1.165) is 39.3 Å². The number of hydrogen-bond acceptors (Lipinski definition) is 3. The molecular weight excluding hydrogens is 510 g/mol. The lowest BCUT2D eigenvalue weighted by atomic mass is 9.95. The molecule has 0 saturated carbocycles. The number of aromatic nitrogens is 3. The second-order valence-corrected chi connectivity index (χ2v) is 10.5. The van der Waals surface area contributed by atoms with Gasteiger partial charge in [-0.1, -0.05) is 121 Å². The maximum Gasteiger partial charge on any atom is 0.160 e. The van der Waals surface area contributed by atoms with Crippen LogP contribution in [0.15, 0.2) is 152 Å². The Kier molecular flexibility index (Phi) is 5.79. The number of fused-ring (bicyclic) bond motifs is 5. The van der Waals surface area contributed by atoms with Gasteiger partial charge in [-0.05, 0) is 56.6 Å². The minimum absolute atomic E-state index is 0.677. The van der Waals surface area contributed by atoms with Crippen molar-refractivity contribution in [1.29, 1.82) is 0 Å². The van der Waals surface area contributed by atoms with Gasteiger partial charge in [-0.15, -0.1) is 0 Å². The lowest BCUT2D eigenvalue weighted by molar-refractivity contribution is 1.18. The van der Waals surface area contributed by atoms with Gasteiger partial charge in [0.05, 0.1) is 17.1 Å². The molecule has 0 N–H and O–H groups in total. The zero-order chi connectivity index (χ0) is 27.9. The zero-order valence-electron chi connectivity index (χ0n) is 22.8.